The molecule has 1 amide bonds. The van der Waals surface area contributed by atoms with E-state index >= 15 is 0 Å². The molecule has 0 bridgehead atoms. The highest BCUT2D eigenvalue weighted by atomic mass is 79.9. The quantitative estimate of drug-likeness (QED) is 0.900. The van der Waals surface area contributed by atoms with Gasteiger partial charge in [-0.3, -0.25) is 4.79 Å². The maximum Gasteiger partial charge on any atom is 0.241 e. The van der Waals surface area contributed by atoms with E-state index < -0.39 is 0 Å². The monoisotopic (exact) mass is 298 g/mol. The second-order valence-corrected chi connectivity index (χ2v) is 6.03. The third kappa shape index (κ3) is 5.33. The van der Waals surface area contributed by atoms with Gasteiger partial charge in [-0.1, -0.05) is 22.0 Å². The first-order chi connectivity index (χ1) is 7.78. The van der Waals surface area contributed by atoms with E-state index in [-0.39, 0.29) is 17.5 Å². The largest absolute Gasteiger partial charge is 0.325 e. The first-order valence-corrected chi connectivity index (χ1v) is 6.41. The summed E-state index contributed by atoms with van der Waals surface area (Å²) in [6, 6.07) is 7.33. The third-order valence-electron chi connectivity index (χ3n) is 2.13. The molecule has 0 aromatic heterocycles. The Bertz CT molecular complexity index is 399. The van der Waals surface area contributed by atoms with Crippen molar-refractivity contribution < 1.29 is 4.79 Å². The lowest BCUT2D eigenvalue weighted by Crippen LogP contribution is -2.47. The number of benzene rings is 1. The summed E-state index contributed by atoms with van der Waals surface area (Å²) in [5.41, 5.74) is 0.723. The van der Waals surface area contributed by atoms with E-state index in [9.17, 15) is 4.79 Å². The number of amides is 1. The second kappa shape index (κ2) is 5.65. The maximum atomic E-state index is 11.9. The maximum absolute atomic E-state index is 11.9. The number of rotatable bonds is 3. The zero-order valence-electron chi connectivity index (χ0n) is 10.7. The molecule has 0 radical (unpaired) electrons. The van der Waals surface area contributed by atoms with Crippen LogP contribution in [0.1, 0.15) is 27.7 Å². The fourth-order valence-corrected chi connectivity index (χ4v) is 1.93. The molecule has 0 unspecified atom stereocenters. The Kier molecular flexibility index (Phi) is 4.71. The lowest BCUT2D eigenvalue weighted by atomic mass is 10.1. The minimum absolute atomic E-state index is 0.0296. The average molecular weight is 299 g/mol. The van der Waals surface area contributed by atoms with Gasteiger partial charge in [0.05, 0.1) is 6.04 Å². The normalized spacial score (nSPS) is 13.2. The molecule has 1 atom stereocenters. The Morgan fingerprint density at radius 2 is 2.00 bits per heavy atom. The van der Waals surface area contributed by atoms with Gasteiger partial charge in [-0.2, -0.15) is 0 Å². The molecule has 94 valence electrons. The van der Waals surface area contributed by atoms with Gasteiger partial charge in [-0.05, 0) is 45.9 Å². The predicted octanol–water partition coefficient (Wildman–Crippen LogP) is 3.16. The summed E-state index contributed by atoms with van der Waals surface area (Å²) in [6.45, 7) is 7.97. The molecule has 0 spiro atoms. The molecule has 3 nitrogen and oxygen atoms in total. The van der Waals surface area contributed by atoms with Crippen LogP contribution in [-0.2, 0) is 4.79 Å². The van der Waals surface area contributed by atoms with Crippen LogP contribution in [0.2, 0.25) is 0 Å². The molecule has 0 aliphatic heterocycles. The van der Waals surface area contributed by atoms with Gasteiger partial charge in [0.15, 0.2) is 0 Å². The van der Waals surface area contributed by atoms with E-state index in [0.717, 1.165) is 10.2 Å². The summed E-state index contributed by atoms with van der Waals surface area (Å²) in [7, 11) is 0. The lowest BCUT2D eigenvalue weighted by molar-refractivity contribution is -0.118. The van der Waals surface area contributed by atoms with Crippen molar-refractivity contribution in [3.8, 4) is 0 Å². The van der Waals surface area contributed by atoms with Crippen molar-refractivity contribution >= 4 is 27.5 Å². The molecule has 0 aliphatic carbocycles. The Hall–Kier alpha value is -0.870. The highest BCUT2D eigenvalue weighted by Gasteiger charge is 2.19. The standard InChI is InChI=1S/C13H19BrN2O/c1-9(16-13(2,3)4)12(17)15-11-7-5-6-10(14)8-11/h5-9,16H,1-4H3,(H,15,17)/t9-/m1/s1. The van der Waals surface area contributed by atoms with Gasteiger partial charge in [0.2, 0.25) is 5.91 Å². The number of nitrogens with one attached hydrogen (secondary N) is 2. The molecular weight excluding hydrogens is 280 g/mol. The van der Waals surface area contributed by atoms with Crippen LogP contribution in [0, 0.1) is 0 Å². The smallest absolute Gasteiger partial charge is 0.241 e. The van der Waals surface area contributed by atoms with Crippen molar-refractivity contribution in [1.29, 1.82) is 0 Å². The Labute approximate surface area is 111 Å². The van der Waals surface area contributed by atoms with Crippen LogP contribution in [0.15, 0.2) is 28.7 Å². The summed E-state index contributed by atoms with van der Waals surface area (Å²) >= 11 is 3.37. The SMILES string of the molecule is C[C@@H](NC(C)(C)C)C(=O)Nc1cccc(Br)c1. The van der Waals surface area contributed by atoms with E-state index in [1.807, 2.05) is 52.0 Å². The number of carbonyl (C=O) groups is 1. The van der Waals surface area contributed by atoms with Gasteiger partial charge < -0.3 is 10.6 Å². The van der Waals surface area contributed by atoms with Crippen LogP contribution in [0.25, 0.3) is 0 Å². The highest BCUT2D eigenvalue weighted by Crippen LogP contribution is 2.15. The fourth-order valence-electron chi connectivity index (χ4n) is 1.53. The molecule has 1 aromatic rings. The number of hydrogen-bond acceptors (Lipinski definition) is 2. The Morgan fingerprint density at radius 3 is 2.53 bits per heavy atom. The number of hydrogen-bond donors (Lipinski definition) is 2. The molecule has 2 N–H and O–H groups in total. The predicted molar refractivity (Wildman–Crippen MR) is 75.1 cm³/mol. The molecule has 0 fully saturated rings. The van der Waals surface area contributed by atoms with Crippen molar-refractivity contribution in [2.24, 2.45) is 0 Å². The van der Waals surface area contributed by atoms with Crippen LogP contribution in [-0.4, -0.2) is 17.5 Å². The van der Waals surface area contributed by atoms with E-state index in [4.69, 9.17) is 0 Å². The van der Waals surface area contributed by atoms with Gasteiger partial charge in [0, 0.05) is 15.7 Å². The van der Waals surface area contributed by atoms with Gasteiger partial charge in [0.25, 0.3) is 0 Å². The van der Waals surface area contributed by atoms with E-state index in [1.54, 1.807) is 0 Å². The van der Waals surface area contributed by atoms with Crippen molar-refractivity contribution in [1.82, 2.24) is 5.32 Å². The van der Waals surface area contributed by atoms with E-state index in [0.29, 0.717) is 0 Å². The topological polar surface area (TPSA) is 41.1 Å². The Morgan fingerprint density at radius 1 is 1.35 bits per heavy atom. The number of anilines is 1. The van der Waals surface area contributed by atoms with Crippen LogP contribution in [0.4, 0.5) is 5.69 Å². The zero-order valence-corrected chi connectivity index (χ0v) is 12.3. The fraction of sp³-hybridized carbons (Fsp3) is 0.462. The number of halogens is 1. The van der Waals surface area contributed by atoms with Crippen LogP contribution >= 0.6 is 15.9 Å². The van der Waals surface area contributed by atoms with Gasteiger partial charge in [-0.15, -0.1) is 0 Å². The lowest BCUT2D eigenvalue weighted by Gasteiger charge is -2.25. The minimum Gasteiger partial charge on any atom is -0.325 e. The molecule has 0 saturated carbocycles. The van der Waals surface area contributed by atoms with Crippen molar-refractivity contribution in [3.63, 3.8) is 0 Å². The Balaban J connectivity index is 2.60. The summed E-state index contributed by atoms with van der Waals surface area (Å²) in [4.78, 5) is 11.9. The van der Waals surface area contributed by atoms with Crippen LogP contribution in [0.5, 0.6) is 0 Å². The number of carbonyl (C=O) groups excluding carboxylic acids is 1. The van der Waals surface area contributed by atoms with E-state index in [2.05, 4.69) is 26.6 Å². The summed E-state index contributed by atoms with van der Waals surface area (Å²) in [6.07, 6.45) is 0. The van der Waals surface area contributed by atoms with Crippen molar-refractivity contribution in [2.75, 3.05) is 5.32 Å². The molecule has 1 rings (SSSR count). The van der Waals surface area contributed by atoms with Crippen LogP contribution < -0.4 is 10.6 Å². The molecule has 1 aromatic carbocycles. The average Bonchev–Trinajstić information content (AvgIpc) is 2.14. The molecule has 0 heterocycles. The van der Waals surface area contributed by atoms with Crippen molar-refractivity contribution in [3.05, 3.63) is 28.7 Å². The summed E-state index contributed by atoms with van der Waals surface area (Å²) in [5.74, 6) is -0.0296. The zero-order chi connectivity index (χ0) is 13.1. The third-order valence-corrected chi connectivity index (χ3v) is 2.63. The van der Waals surface area contributed by atoms with Gasteiger partial charge in [0.1, 0.15) is 0 Å². The molecule has 17 heavy (non-hydrogen) atoms. The molecule has 4 heteroatoms. The molecule has 0 saturated heterocycles. The first kappa shape index (κ1) is 14.2. The van der Waals surface area contributed by atoms with Crippen molar-refractivity contribution in [2.45, 2.75) is 39.3 Å². The molecule has 0 aliphatic rings. The van der Waals surface area contributed by atoms with Crippen LogP contribution in [0.3, 0.4) is 0 Å². The minimum atomic E-state index is -0.228. The summed E-state index contributed by atoms with van der Waals surface area (Å²) < 4.78 is 0.951. The second-order valence-electron chi connectivity index (χ2n) is 5.12. The summed E-state index contributed by atoms with van der Waals surface area (Å²) in [5, 5.41) is 6.10. The van der Waals surface area contributed by atoms with Gasteiger partial charge >= 0.3 is 0 Å². The highest BCUT2D eigenvalue weighted by molar-refractivity contribution is 9.10. The van der Waals surface area contributed by atoms with Gasteiger partial charge in [-0.25, -0.2) is 0 Å². The first-order valence-electron chi connectivity index (χ1n) is 5.62. The molecular formula is C13H19BrN2O. The van der Waals surface area contributed by atoms with E-state index in [1.165, 1.54) is 0 Å².